The van der Waals surface area contributed by atoms with Gasteiger partial charge >= 0.3 is 0 Å². The second-order valence-electron chi connectivity index (χ2n) is 3.94. The van der Waals surface area contributed by atoms with Gasteiger partial charge in [-0.2, -0.15) is 5.10 Å². The van der Waals surface area contributed by atoms with Crippen LogP contribution < -0.4 is 5.73 Å². The van der Waals surface area contributed by atoms with Gasteiger partial charge in [0.25, 0.3) is 0 Å². The van der Waals surface area contributed by atoms with Gasteiger partial charge in [0.15, 0.2) is 0 Å². The van der Waals surface area contributed by atoms with Crippen LogP contribution in [0, 0.1) is 0 Å². The summed E-state index contributed by atoms with van der Waals surface area (Å²) in [5, 5.41) is 5.04. The van der Waals surface area contributed by atoms with Gasteiger partial charge in [0.2, 0.25) is 0 Å². The zero-order valence-electron chi connectivity index (χ0n) is 9.41. The first-order valence-corrected chi connectivity index (χ1v) is 5.94. The Morgan fingerprint density at radius 3 is 2.67 bits per heavy atom. The number of H-pyrrole nitrogens is 1. The number of rotatable bonds is 1. The molecule has 0 aliphatic carbocycles. The lowest BCUT2D eigenvalue weighted by Gasteiger charge is -1.95. The summed E-state index contributed by atoms with van der Waals surface area (Å²) in [6.07, 6.45) is 1.66. The molecule has 0 saturated carbocycles. The predicted molar refractivity (Wildman–Crippen MR) is 72.7 cm³/mol. The largest absolute Gasteiger partial charge is 0.383 e. The number of imidazole rings is 1. The third-order valence-corrected chi connectivity index (χ3v) is 3.49. The van der Waals surface area contributed by atoms with E-state index in [9.17, 15) is 0 Å². The molecule has 18 heavy (non-hydrogen) atoms. The average Bonchev–Trinajstić information content (AvgIpc) is 2.85. The van der Waals surface area contributed by atoms with Gasteiger partial charge in [-0.3, -0.25) is 4.68 Å². The maximum atomic E-state index is 5.96. The van der Waals surface area contributed by atoms with E-state index in [0.29, 0.717) is 21.7 Å². The van der Waals surface area contributed by atoms with E-state index < -0.39 is 0 Å². The van der Waals surface area contributed by atoms with Crippen molar-refractivity contribution < 1.29 is 0 Å². The molecule has 1 aromatic carbocycles. The quantitative estimate of drug-likeness (QED) is 0.720. The van der Waals surface area contributed by atoms with Crippen LogP contribution in [0.1, 0.15) is 0 Å². The normalized spacial score (nSPS) is 11.3. The Labute approximate surface area is 113 Å². The highest BCUT2D eigenvalue weighted by molar-refractivity contribution is 6.42. The number of aromatic amines is 1. The number of halogens is 2. The molecule has 0 bridgehead atoms. The second-order valence-corrected chi connectivity index (χ2v) is 4.75. The molecule has 0 radical (unpaired) electrons. The maximum absolute atomic E-state index is 5.96. The van der Waals surface area contributed by atoms with E-state index >= 15 is 0 Å². The number of hydrogen-bond donors (Lipinski definition) is 2. The van der Waals surface area contributed by atoms with Crippen LogP contribution >= 0.6 is 23.2 Å². The third-order valence-electron chi connectivity index (χ3n) is 2.76. The second kappa shape index (κ2) is 3.90. The van der Waals surface area contributed by atoms with Crippen LogP contribution in [0.2, 0.25) is 10.0 Å². The molecule has 0 saturated heterocycles. The number of anilines is 1. The van der Waals surface area contributed by atoms with Gasteiger partial charge in [0.1, 0.15) is 11.6 Å². The van der Waals surface area contributed by atoms with E-state index in [-0.39, 0.29) is 0 Å². The standard InChI is InChI=1S/C11H9Cl2N5/c1-18-10(14)5(4-15-18)11-16-8-2-6(12)7(13)3-9(8)17-11/h2-4H,14H2,1H3,(H,16,17). The van der Waals surface area contributed by atoms with Gasteiger partial charge < -0.3 is 10.7 Å². The number of nitrogens with two attached hydrogens (primary N) is 1. The number of fused-ring (bicyclic) bond motifs is 1. The highest BCUT2D eigenvalue weighted by Gasteiger charge is 2.13. The van der Waals surface area contributed by atoms with Crippen molar-refractivity contribution >= 4 is 40.1 Å². The first kappa shape index (κ1) is 11.4. The van der Waals surface area contributed by atoms with Crippen LogP contribution in [-0.2, 0) is 7.05 Å². The maximum Gasteiger partial charge on any atom is 0.143 e. The first-order valence-electron chi connectivity index (χ1n) is 5.19. The van der Waals surface area contributed by atoms with Crippen molar-refractivity contribution in [2.45, 2.75) is 0 Å². The predicted octanol–water partition coefficient (Wildman–Crippen LogP) is 2.85. The molecular formula is C11H9Cl2N5. The van der Waals surface area contributed by atoms with Gasteiger partial charge in [-0.05, 0) is 12.1 Å². The van der Waals surface area contributed by atoms with Gasteiger partial charge in [-0.15, -0.1) is 0 Å². The third kappa shape index (κ3) is 1.63. The fraction of sp³-hybridized carbons (Fsp3) is 0.0909. The summed E-state index contributed by atoms with van der Waals surface area (Å²) in [5.74, 6) is 1.19. The topological polar surface area (TPSA) is 72.5 Å². The average molecular weight is 282 g/mol. The Balaban J connectivity index is 2.22. The Hall–Kier alpha value is -1.72. The molecule has 0 fully saturated rings. The van der Waals surface area contributed by atoms with Crippen molar-refractivity contribution in [2.75, 3.05) is 5.73 Å². The van der Waals surface area contributed by atoms with E-state index in [4.69, 9.17) is 28.9 Å². The molecule has 5 nitrogen and oxygen atoms in total. The van der Waals surface area contributed by atoms with Gasteiger partial charge in [-0.25, -0.2) is 4.98 Å². The number of benzene rings is 1. The van der Waals surface area contributed by atoms with Crippen LogP contribution in [0.3, 0.4) is 0 Å². The molecule has 92 valence electrons. The van der Waals surface area contributed by atoms with Crippen LogP contribution in [-0.4, -0.2) is 19.7 Å². The lowest BCUT2D eigenvalue weighted by atomic mass is 10.3. The molecule has 0 spiro atoms. The van der Waals surface area contributed by atoms with Crippen LogP contribution in [0.5, 0.6) is 0 Å². The number of nitrogens with one attached hydrogen (secondary N) is 1. The van der Waals surface area contributed by atoms with E-state index in [0.717, 1.165) is 16.6 Å². The zero-order valence-corrected chi connectivity index (χ0v) is 10.9. The molecule has 0 unspecified atom stereocenters. The molecule has 2 heterocycles. The Morgan fingerprint density at radius 1 is 1.28 bits per heavy atom. The summed E-state index contributed by atoms with van der Waals surface area (Å²) in [5.41, 5.74) is 8.20. The van der Waals surface area contributed by atoms with Crippen LogP contribution in [0.4, 0.5) is 5.82 Å². The molecule has 3 N–H and O–H groups in total. The molecule has 2 aromatic heterocycles. The smallest absolute Gasteiger partial charge is 0.143 e. The number of hydrogen-bond acceptors (Lipinski definition) is 3. The Morgan fingerprint density at radius 2 is 2.00 bits per heavy atom. The summed E-state index contributed by atoms with van der Waals surface area (Å²) in [6.45, 7) is 0. The summed E-state index contributed by atoms with van der Waals surface area (Å²) in [4.78, 5) is 7.57. The summed E-state index contributed by atoms with van der Waals surface area (Å²) in [6, 6.07) is 3.45. The van der Waals surface area contributed by atoms with E-state index in [1.165, 1.54) is 0 Å². The lowest BCUT2D eigenvalue weighted by molar-refractivity contribution is 0.779. The van der Waals surface area contributed by atoms with Crippen LogP contribution in [0.15, 0.2) is 18.3 Å². The summed E-state index contributed by atoms with van der Waals surface area (Å²) >= 11 is 11.9. The highest BCUT2D eigenvalue weighted by atomic mass is 35.5. The van der Waals surface area contributed by atoms with Crippen molar-refractivity contribution in [1.82, 2.24) is 19.7 Å². The molecule has 3 aromatic rings. The molecule has 0 aliphatic rings. The van der Waals surface area contributed by atoms with Gasteiger partial charge in [0.05, 0.1) is 32.8 Å². The fourth-order valence-corrected chi connectivity index (χ4v) is 2.08. The van der Waals surface area contributed by atoms with Crippen molar-refractivity contribution in [1.29, 1.82) is 0 Å². The number of nitrogen functional groups attached to an aromatic ring is 1. The molecule has 0 aliphatic heterocycles. The van der Waals surface area contributed by atoms with Crippen LogP contribution in [0.25, 0.3) is 22.4 Å². The molecule has 0 amide bonds. The van der Waals surface area contributed by atoms with Crippen molar-refractivity contribution in [3.05, 3.63) is 28.4 Å². The van der Waals surface area contributed by atoms with E-state index in [2.05, 4.69) is 15.1 Å². The molecule has 0 atom stereocenters. The van der Waals surface area contributed by atoms with Crippen molar-refractivity contribution in [2.24, 2.45) is 7.05 Å². The molecular weight excluding hydrogens is 273 g/mol. The highest BCUT2D eigenvalue weighted by Crippen LogP contribution is 2.30. The number of aryl methyl sites for hydroxylation is 1. The summed E-state index contributed by atoms with van der Waals surface area (Å²) in [7, 11) is 1.77. The molecule has 7 heteroatoms. The minimum atomic E-state index is 0.473. The lowest BCUT2D eigenvalue weighted by Crippen LogP contribution is -1.98. The SMILES string of the molecule is Cn1ncc(-c2nc3cc(Cl)c(Cl)cc3[nH]2)c1N. The zero-order chi connectivity index (χ0) is 12.9. The first-order chi connectivity index (χ1) is 8.56. The Kier molecular flexibility index (Phi) is 2.46. The fourth-order valence-electron chi connectivity index (χ4n) is 1.76. The van der Waals surface area contributed by atoms with Crippen molar-refractivity contribution in [3.63, 3.8) is 0 Å². The Bertz CT molecular complexity index is 704. The minimum absolute atomic E-state index is 0.473. The van der Waals surface area contributed by atoms with Crippen molar-refractivity contribution in [3.8, 4) is 11.4 Å². The van der Waals surface area contributed by atoms with Gasteiger partial charge in [0, 0.05) is 7.05 Å². The summed E-state index contributed by atoms with van der Waals surface area (Å²) < 4.78 is 1.59. The van der Waals surface area contributed by atoms with E-state index in [1.807, 2.05) is 0 Å². The monoisotopic (exact) mass is 281 g/mol. The van der Waals surface area contributed by atoms with E-state index in [1.54, 1.807) is 30.1 Å². The minimum Gasteiger partial charge on any atom is -0.383 e. The molecule has 3 rings (SSSR count). The van der Waals surface area contributed by atoms with Gasteiger partial charge in [-0.1, -0.05) is 23.2 Å². The number of aromatic nitrogens is 4. The number of nitrogens with zero attached hydrogens (tertiary/aromatic N) is 3.